The molecule has 17 heavy (non-hydrogen) atoms. The van der Waals surface area contributed by atoms with Gasteiger partial charge in [0.1, 0.15) is 6.07 Å². The van der Waals surface area contributed by atoms with Gasteiger partial charge in [-0.1, -0.05) is 24.3 Å². The lowest BCUT2D eigenvalue weighted by Gasteiger charge is -2.16. The Bertz CT molecular complexity index is 565. The van der Waals surface area contributed by atoms with Gasteiger partial charge in [0.25, 0.3) is 0 Å². The summed E-state index contributed by atoms with van der Waals surface area (Å²) in [5.41, 5.74) is 2.30. The van der Waals surface area contributed by atoms with Gasteiger partial charge in [0.15, 0.2) is 5.57 Å². The Hall–Kier alpha value is -2.54. The number of hydrogen-bond acceptors (Lipinski definition) is 4. The van der Waals surface area contributed by atoms with Gasteiger partial charge in [0.2, 0.25) is 0 Å². The molecule has 0 radical (unpaired) electrons. The van der Waals surface area contributed by atoms with Crippen LogP contribution in [0.25, 0.3) is 6.08 Å². The monoisotopic (exact) mass is 226 g/mol. The number of fused-ring (bicyclic) bond motifs is 1. The average Bonchev–Trinajstić information content (AvgIpc) is 2.39. The Morgan fingerprint density at radius 1 is 1.35 bits per heavy atom. The quantitative estimate of drug-likeness (QED) is 0.452. The fraction of sp³-hybridized carbons (Fsp3) is 0.0769. The van der Waals surface area contributed by atoms with E-state index in [9.17, 15) is 4.79 Å². The molecule has 1 aliphatic heterocycles. The number of nitriles is 1. The molecule has 1 N–H and O–H groups in total. The molecule has 0 saturated heterocycles. The zero-order valence-electron chi connectivity index (χ0n) is 9.23. The summed E-state index contributed by atoms with van der Waals surface area (Å²) < 4.78 is 4.55. The van der Waals surface area contributed by atoms with Crippen LogP contribution in [0.15, 0.2) is 41.6 Å². The minimum absolute atomic E-state index is 0.0294. The highest BCUT2D eigenvalue weighted by molar-refractivity contribution is 5.96. The van der Waals surface area contributed by atoms with Crippen LogP contribution in [0.2, 0.25) is 0 Å². The number of nitrogens with zero attached hydrogens (tertiary/aromatic N) is 1. The van der Waals surface area contributed by atoms with Crippen molar-refractivity contribution < 1.29 is 9.53 Å². The Labute approximate surface area is 98.8 Å². The van der Waals surface area contributed by atoms with Crippen LogP contribution in [0.4, 0.5) is 5.69 Å². The fourth-order valence-electron chi connectivity index (χ4n) is 1.58. The molecule has 0 saturated carbocycles. The summed E-state index contributed by atoms with van der Waals surface area (Å²) in [6.45, 7) is 0. The van der Waals surface area contributed by atoms with Crippen LogP contribution in [0.1, 0.15) is 5.56 Å². The maximum Gasteiger partial charge on any atom is 0.350 e. The van der Waals surface area contributed by atoms with Crippen LogP contribution in [0.5, 0.6) is 0 Å². The number of para-hydroxylation sites is 1. The van der Waals surface area contributed by atoms with Gasteiger partial charge in [-0.05, 0) is 17.7 Å². The van der Waals surface area contributed by atoms with Crippen molar-refractivity contribution in [3.8, 4) is 6.07 Å². The largest absolute Gasteiger partial charge is 0.465 e. The summed E-state index contributed by atoms with van der Waals surface area (Å²) in [4.78, 5) is 11.4. The highest BCUT2D eigenvalue weighted by Crippen LogP contribution is 2.25. The third-order valence-corrected chi connectivity index (χ3v) is 2.43. The summed E-state index contributed by atoms with van der Waals surface area (Å²) in [6.07, 6.45) is 3.54. The molecule has 4 nitrogen and oxygen atoms in total. The van der Waals surface area contributed by atoms with Crippen molar-refractivity contribution >= 4 is 17.7 Å². The van der Waals surface area contributed by atoms with Crippen LogP contribution in [0, 0.1) is 11.3 Å². The van der Waals surface area contributed by atoms with Gasteiger partial charge in [-0.2, -0.15) is 5.26 Å². The molecule has 1 heterocycles. The lowest BCUT2D eigenvalue weighted by molar-refractivity contribution is -0.135. The smallest absolute Gasteiger partial charge is 0.350 e. The molecular formula is C13H10N2O2. The van der Waals surface area contributed by atoms with E-state index in [0.29, 0.717) is 5.70 Å². The van der Waals surface area contributed by atoms with Crippen molar-refractivity contribution in [2.75, 3.05) is 12.4 Å². The Morgan fingerprint density at radius 2 is 2.12 bits per heavy atom. The second-order valence-electron chi connectivity index (χ2n) is 3.44. The maximum atomic E-state index is 11.4. The number of nitrogens with one attached hydrogen (secondary N) is 1. The molecular weight excluding hydrogens is 216 g/mol. The van der Waals surface area contributed by atoms with Crippen LogP contribution in [-0.4, -0.2) is 13.1 Å². The molecule has 0 spiro atoms. The number of carbonyl (C=O) groups is 1. The first-order valence-corrected chi connectivity index (χ1v) is 5.03. The number of benzene rings is 1. The molecule has 84 valence electrons. The summed E-state index contributed by atoms with van der Waals surface area (Å²) in [5.74, 6) is -0.640. The molecule has 0 aliphatic carbocycles. The van der Waals surface area contributed by atoms with Crippen molar-refractivity contribution in [2.24, 2.45) is 0 Å². The lowest BCUT2D eigenvalue weighted by atomic mass is 10.1. The zero-order chi connectivity index (χ0) is 12.3. The van der Waals surface area contributed by atoms with E-state index in [4.69, 9.17) is 5.26 Å². The number of anilines is 1. The number of hydrogen-bond donors (Lipinski definition) is 1. The zero-order valence-corrected chi connectivity index (χ0v) is 9.23. The predicted octanol–water partition coefficient (Wildman–Crippen LogP) is 2.08. The third-order valence-electron chi connectivity index (χ3n) is 2.43. The van der Waals surface area contributed by atoms with Gasteiger partial charge in [0.05, 0.1) is 12.8 Å². The van der Waals surface area contributed by atoms with Crippen molar-refractivity contribution in [3.63, 3.8) is 0 Å². The fourth-order valence-corrected chi connectivity index (χ4v) is 1.58. The first-order chi connectivity index (χ1) is 8.26. The molecule has 4 heteroatoms. The van der Waals surface area contributed by atoms with Gasteiger partial charge in [-0.25, -0.2) is 4.79 Å². The molecule has 0 unspecified atom stereocenters. The topological polar surface area (TPSA) is 62.1 Å². The first-order valence-electron chi connectivity index (χ1n) is 5.03. The molecule has 2 rings (SSSR count). The summed E-state index contributed by atoms with van der Waals surface area (Å²) in [6, 6.07) is 9.47. The SMILES string of the molecule is COC(=O)/C(C#N)=C1/C=Cc2ccccc2N1. The van der Waals surface area contributed by atoms with Crippen molar-refractivity contribution in [1.29, 1.82) is 5.26 Å². The van der Waals surface area contributed by atoms with Crippen LogP contribution in [0.3, 0.4) is 0 Å². The normalized spacial score (nSPS) is 15.3. The van der Waals surface area contributed by atoms with E-state index in [0.717, 1.165) is 11.3 Å². The second kappa shape index (κ2) is 4.54. The standard InChI is InChI=1S/C13H10N2O2/c1-17-13(16)10(8-14)12-7-6-9-4-2-3-5-11(9)15-12/h2-7,15H,1H3/b12-10-. The van der Waals surface area contributed by atoms with E-state index >= 15 is 0 Å². The number of rotatable bonds is 1. The van der Waals surface area contributed by atoms with Gasteiger partial charge >= 0.3 is 5.97 Å². The second-order valence-corrected chi connectivity index (χ2v) is 3.44. The summed E-state index contributed by atoms with van der Waals surface area (Å²) in [5, 5.41) is 12.0. The van der Waals surface area contributed by atoms with E-state index in [1.54, 1.807) is 6.08 Å². The molecule has 1 aromatic carbocycles. The van der Waals surface area contributed by atoms with E-state index < -0.39 is 5.97 Å². The van der Waals surface area contributed by atoms with Gasteiger partial charge in [0, 0.05) is 5.69 Å². The molecule has 0 fully saturated rings. The average molecular weight is 226 g/mol. The number of allylic oxidation sites excluding steroid dienone is 1. The van der Waals surface area contributed by atoms with Crippen molar-refractivity contribution in [2.45, 2.75) is 0 Å². The van der Waals surface area contributed by atoms with Crippen molar-refractivity contribution in [1.82, 2.24) is 0 Å². The number of carbonyl (C=O) groups excluding carboxylic acids is 1. The van der Waals surface area contributed by atoms with Crippen LogP contribution in [-0.2, 0) is 9.53 Å². The molecule has 1 aliphatic rings. The minimum Gasteiger partial charge on any atom is -0.465 e. The Morgan fingerprint density at radius 3 is 2.82 bits per heavy atom. The van der Waals surface area contributed by atoms with Gasteiger partial charge < -0.3 is 10.1 Å². The molecule has 0 amide bonds. The van der Waals surface area contributed by atoms with Gasteiger partial charge in [-0.15, -0.1) is 0 Å². The number of methoxy groups -OCH3 is 1. The Balaban J connectivity index is 2.44. The van der Waals surface area contributed by atoms with E-state index in [-0.39, 0.29) is 5.57 Å². The van der Waals surface area contributed by atoms with E-state index in [2.05, 4.69) is 10.1 Å². The third kappa shape index (κ3) is 2.04. The predicted molar refractivity (Wildman–Crippen MR) is 63.8 cm³/mol. The highest BCUT2D eigenvalue weighted by atomic mass is 16.5. The van der Waals surface area contributed by atoms with Gasteiger partial charge in [-0.3, -0.25) is 0 Å². The molecule has 0 atom stereocenters. The summed E-state index contributed by atoms with van der Waals surface area (Å²) >= 11 is 0. The number of esters is 1. The van der Waals surface area contributed by atoms with E-state index in [1.807, 2.05) is 36.4 Å². The number of ether oxygens (including phenoxy) is 1. The molecule has 0 aromatic heterocycles. The highest BCUT2D eigenvalue weighted by Gasteiger charge is 2.17. The summed E-state index contributed by atoms with van der Waals surface area (Å²) in [7, 11) is 1.25. The molecule has 1 aromatic rings. The Kier molecular flexibility index (Phi) is 2.93. The van der Waals surface area contributed by atoms with Crippen LogP contribution >= 0.6 is 0 Å². The maximum absolute atomic E-state index is 11.4. The molecule has 0 bridgehead atoms. The minimum atomic E-state index is -0.640. The van der Waals surface area contributed by atoms with Crippen LogP contribution < -0.4 is 5.32 Å². The lowest BCUT2D eigenvalue weighted by Crippen LogP contribution is -2.12. The first kappa shape index (κ1) is 11.0. The van der Waals surface area contributed by atoms with E-state index in [1.165, 1.54) is 7.11 Å². The van der Waals surface area contributed by atoms with Crippen molar-refractivity contribution in [3.05, 3.63) is 47.2 Å².